The first-order valence-corrected chi connectivity index (χ1v) is 10.9. The van der Waals surface area contributed by atoms with Gasteiger partial charge in [-0.3, -0.25) is 4.79 Å². The zero-order valence-corrected chi connectivity index (χ0v) is 18.3. The van der Waals surface area contributed by atoms with Gasteiger partial charge in [0, 0.05) is 17.0 Å². The van der Waals surface area contributed by atoms with Crippen LogP contribution in [0.3, 0.4) is 0 Å². The van der Waals surface area contributed by atoms with E-state index in [0.717, 1.165) is 29.2 Å². The summed E-state index contributed by atoms with van der Waals surface area (Å²) in [6.07, 6.45) is 1.98. The van der Waals surface area contributed by atoms with E-state index >= 15 is 0 Å². The highest BCUT2D eigenvalue weighted by Crippen LogP contribution is 2.32. The van der Waals surface area contributed by atoms with E-state index in [1.165, 1.54) is 11.8 Å². The number of anilines is 1. The van der Waals surface area contributed by atoms with Crippen molar-refractivity contribution < 1.29 is 18.8 Å². The van der Waals surface area contributed by atoms with E-state index in [0.29, 0.717) is 35.1 Å². The maximum Gasteiger partial charge on any atom is 0.256 e. The summed E-state index contributed by atoms with van der Waals surface area (Å²) in [5, 5.41) is 6.88. The molecule has 30 heavy (non-hydrogen) atoms. The molecule has 0 radical (unpaired) electrons. The molecule has 0 bridgehead atoms. The molecule has 3 aromatic rings. The normalized spacial score (nSPS) is 10.6. The SMILES string of the molecule is CCCCOc1ccc(OC)cc1NC(=O)c1ccccc1SCc1cc(C)no1. The second-order valence-electron chi connectivity index (χ2n) is 6.74. The van der Waals surface area contributed by atoms with Crippen molar-refractivity contribution in [1.29, 1.82) is 0 Å². The molecule has 158 valence electrons. The summed E-state index contributed by atoms with van der Waals surface area (Å²) in [4.78, 5) is 13.9. The standard InChI is InChI=1S/C23H26N2O4S/c1-4-5-12-28-21-11-10-17(27-3)14-20(21)24-23(26)19-8-6-7-9-22(19)30-15-18-13-16(2)25-29-18/h6-11,13-14H,4-5,12,15H2,1-3H3,(H,24,26). The summed E-state index contributed by atoms with van der Waals surface area (Å²) < 4.78 is 16.4. The number of ether oxygens (including phenoxy) is 2. The molecule has 0 aliphatic heterocycles. The number of amides is 1. The molecule has 0 saturated heterocycles. The summed E-state index contributed by atoms with van der Waals surface area (Å²) in [5.74, 6) is 2.43. The quantitative estimate of drug-likeness (QED) is 0.330. The minimum Gasteiger partial charge on any atom is -0.497 e. The van der Waals surface area contributed by atoms with Crippen LogP contribution in [0.4, 0.5) is 5.69 Å². The third kappa shape index (κ3) is 5.79. The maximum absolute atomic E-state index is 13.1. The molecule has 6 nitrogen and oxygen atoms in total. The van der Waals surface area contributed by atoms with Crippen molar-refractivity contribution >= 4 is 23.4 Å². The van der Waals surface area contributed by atoms with Gasteiger partial charge in [0.15, 0.2) is 0 Å². The Kier molecular flexibility index (Phi) is 7.79. The van der Waals surface area contributed by atoms with Gasteiger partial charge in [0.2, 0.25) is 0 Å². The van der Waals surface area contributed by atoms with Crippen LogP contribution >= 0.6 is 11.8 Å². The van der Waals surface area contributed by atoms with Gasteiger partial charge in [0.05, 0.1) is 36.4 Å². The van der Waals surface area contributed by atoms with E-state index in [1.54, 1.807) is 19.2 Å². The first-order chi connectivity index (χ1) is 14.6. The van der Waals surface area contributed by atoms with Crippen LogP contribution in [-0.2, 0) is 5.75 Å². The molecule has 3 rings (SSSR count). The summed E-state index contributed by atoms with van der Waals surface area (Å²) in [7, 11) is 1.59. The maximum atomic E-state index is 13.1. The van der Waals surface area contributed by atoms with E-state index in [1.807, 2.05) is 43.3 Å². The molecule has 0 spiro atoms. The number of methoxy groups -OCH3 is 1. The number of aryl methyl sites for hydroxylation is 1. The number of benzene rings is 2. The molecule has 0 aliphatic rings. The number of rotatable bonds is 10. The number of unbranched alkanes of at least 4 members (excludes halogenated alkanes) is 1. The van der Waals surface area contributed by atoms with Crippen LogP contribution in [0.2, 0.25) is 0 Å². The van der Waals surface area contributed by atoms with Gasteiger partial charge in [-0.1, -0.05) is 30.6 Å². The van der Waals surface area contributed by atoms with Gasteiger partial charge in [0.1, 0.15) is 17.3 Å². The Bertz CT molecular complexity index is 987. The average molecular weight is 427 g/mol. The molecule has 0 aliphatic carbocycles. The number of nitrogens with one attached hydrogen (secondary N) is 1. The van der Waals surface area contributed by atoms with Crippen molar-refractivity contribution in [2.75, 3.05) is 19.0 Å². The Balaban J connectivity index is 1.77. The number of carbonyl (C=O) groups is 1. The number of nitrogens with zero attached hydrogens (tertiary/aromatic N) is 1. The van der Waals surface area contributed by atoms with Gasteiger partial charge in [-0.2, -0.15) is 0 Å². The Morgan fingerprint density at radius 2 is 2.03 bits per heavy atom. The van der Waals surface area contributed by atoms with Crippen LogP contribution in [0, 0.1) is 6.92 Å². The van der Waals surface area contributed by atoms with Gasteiger partial charge in [-0.15, -0.1) is 11.8 Å². The number of hydrogen-bond donors (Lipinski definition) is 1. The van der Waals surface area contributed by atoms with Gasteiger partial charge in [0.25, 0.3) is 5.91 Å². The molecule has 1 N–H and O–H groups in total. The van der Waals surface area contributed by atoms with Crippen molar-refractivity contribution in [1.82, 2.24) is 5.16 Å². The molecule has 0 atom stereocenters. The van der Waals surface area contributed by atoms with Gasteiger partial charge in [-0.25, -0.2) is 0 Å². The molecule has 1 amide bonds. The van der Waals surface area contributed by atoms with E-state index in [2.05, 4.69) is 17.4 Å². The predicted molar refractivity (Wildman–Crippen MR) is 119 cm³/mol. The molecule has 0 fully saturated rings. The molecule has 7 heteroatoms. The lowest BCUT2D eigenvalue weighted by atomic mass is 10.2. The van der Waals surface area contributed by atoms with E-state index in [4.69, 9.17) is 14.0 Å². The number of aromatic nitrogens is 1. The summed E-state index contributed by atoms with van der Waals surface area (Å²) in [6.45, 7) is 4.58. The van der Waals surface area contributed by atoms with Crippen LogP contribution in [0.5, 0.6) is 11.5 Å². The molecule has 2 aromatic carbocycles. The lowest BCUT2D eigenvalue weighted by Gasteiger charge is -2.15. The van der Waals surface area contributed by atoms with Crippen LogP contribution in [0.15, 0.2) is 57.9 Å². The Morgan fingerprint density at radius 3 is 2.77 bits per heavy atom. The average Bonchev–Trinajstić information content (AvgIpc) is 3.18. The number of hydrogen-bond acceptors (Lipinski definition) is 6. The first kappa shape index (κ1) is 21.8. The Labute approximate surface area is 180 Å². The lowest BCUT2D eigenvalue weighted by Crippen LogP contribution is -2.14. The van der Waals surface area contributed by atoms with Crippen LogP contribution < -0.4 is 14.8 Å². The second kappa shape index (κ2) is 10.7. The molecular formula is C23H26N2O4S. The third-order valence-corrected chi connectivity index (χ3v) is 5.46. The Morgan fingerprint density at radius 1 is 1.20 bits per heavy atom. The highest BCUT2D eigenvalue weighted by Gasteiger charge is 2.15. The largest absolute Gasteiger partial charge is 0.497 e. The van der Waals surface area contributed by atoms with Gasteiger partial charge >= 0.3 is 0 Å². The number of carbonyl (C=O) groups excluding carboxylic acids is 1. The Hall–Kier alpha value is -2.93. The molecule has 1 heterocycles. The minimum atomic E-state index is -0.208. The van der Waals surface area contributed by atoms with Crippen LogP contribution in [0.1, 0.15) is 41.6 Å². The summed E-state index contributed by atoms with van der Waals surface area (Å²) in [6, 6.07) is 14.8. The van der Waals surface area contributed by atoms with Gasteiger partial charge in [-0.05, 0) is 37.6 Å². The summed E-state index contributed by atoms with van der Waals surface area (Å²) in [5.41, 5.74) is 2.01. The zero-order chi connectivity index (χ0) is 21.3. The number of thioether (sulfide) groups is 1. The van der Waals surface area contributed by atoms with E-state index in [-0.39, 0.29) is 5.91 Å². The minimum absolute atomic E-state index is 0.208. The fourth-order valence-corrected chi connectivity index (χ4v) is 3.71. The van der Waals surface area contributed by atoms with Crippen molar-refractivity contribution in [3.63, 3.8) is 0 Å². The lowest BCUT2D eigenvalue weighted by molar-refractivity contribution is 0.102. The van der Waals surface area contributed by atoms with Crippen molar-refractivity contribution in [3.05, 3.63) is 65.5 Å². The molecule has 1 aromatic heterocycles. The molecule has 0 saturated carbocycles. The monoisotopic (exact) mass is 426 g/mol. The fourth-order valence-electron chi connectivity index (χ4n) is 2.79. The fraction of sp³-hybridized carbons (Fsp3) is 0.304. The van der Waals surface area contributed by atoms with Gasteiger partial charge < -0.3 is 19.3 Å². The first-order valence-electron chi connectivity index (χ1n) is 9.87. The topological polar surface area (TPSA) is 73.6 Å². The predicted octanol–water partition coefficient (Wildman–Crippen LogP) is 5.72. The van der Waals surface area contributed by atoms with Crippen molar-refractivity contribution in [2.24, 2.45) is 0 Å². The van der Waals surface area contributed by atoms with Crippen LogP contribution in [-0.4, -0.2) is 24.8 Å². The molecule has 0 unspecified atom stereocenters. The smallest absolute Gasteiger partial charge is 0.256 e. The van der Waals surface area contributed by atoms with E-state index < -0.39 is 0 Å². The highest BCUT2D eigenvalue weighted by molar-refractivity contribution is 7.98. The second-order valence-corrected chi connectivity index (χ2v) is 7.75. The van der Waals surface area contributed by atoms with E-state index in [9.17, 15) is 4.79 Å². The van der Waals surface area contributed by atoms with Crippen molar-refractivity contribution in [2.45, 2.75) is 37.3 Å². The third-order valence-electron chi connectivity index (χ3n) is 4.37. The molecular weight excluding hydrogens is 400 g/mol. The zero-order valence-electron chi connectivity index (χ0n) is 17.4. The summed E-state index contributed by atoms with van der Waals surface area (Å²) >= 11 is 1.53. The van der Waals surface area contributed by atoms with Crippen molar-refractivity contribution in [3.8, 4) is 11.5 Å². The highest BCUT2D eigenvalue weighted by atomic mass is 32.2. The van der Waals surface area contributed by atoms with Crippen LogP contribution in [0.25, 0.3) is 0 Å².